The molecule has 3 nitrogen and oxygen atoms in total. The summed E-state index contributed by atoms with van der Waals surface area (Å²) in [5.41, 5.74) is 6.04. The van der Waals surface area contributed by atoms with E-state index in [2.05, 4.69) is 46.9 Å². The van der Waals surface area contributed by atoms with Crippen molar-refractivity contribution in [2.75, 3.05) is 0 Å². The fraction of sp³-hybridized carbons (Fsp3) is 0.938. The quantitative estimate of drug-likeness (QED) is 0.826. The van der Waals surface area contributed by atoms with E-state index in [1.165, 1.54) is 0 Å². The minimum atomic E-state index is -0.144. The van der Waals surface area contributed by atoms with Crippen molar-refractivity contribution >= 4 is 5.91 Å². The Labute approximate surface area is 118 Å². The summed E-state index contributed by atoms with van der Waals surface area (Å²) in [6.07, 6.45) is 3.85. The van der Waals surface area contributed by atoms with E-state index in [9.17, 15) is 4.79 Å². The molecule has 0 aromatic carbocycles. The average molecular weight is 268 g/mol. The maximum absolute atomic E-state index is 12.5. The Morgan fingerprint density at radius 1 is 1.21 bits per heavy atom. The molecule has 0 spiro atoms. The summed E-state index contributed by atoms with van der Waals surface area (Å²) in [6, 6.07) is 0.279. The van der Waals surface area contributed by atoms with E-state index in [0.717, 1.165) is 25.7 Å². The third kappa shape index (κ3) is 5.52. The minimum absolute atomic E-state index is 0.138. The summed E-state index contributed by atoms with van der Waals surface area (Å²) in [5.74, 6) is 0.752. The van der Waals surface area contributed by atoms with Crippen LogP contribution >= 0.6 is 0 Å². The predicted molar refractivity (Wildman–Crippen MR) is 80.8 cm³/mol. The average Bonchev–Trinajstić information content (AvgIpc) is 2.11. The van der Waals surface area contributed by atoms with Crippen LogP contribution in [0.3, 0.4) is 0 Å². The molecule has 112 valence electrons. The Kier molecular flexibility index (Phi) is 5.05. The van der Waals surface area contributed by atoms with Crippen LogP contribution < -0.4 is 11.1 Å². The fourth-order valence-corrected chi connectivity index (χ4v) is 3.62. The van der Waals surface area contributed by atoms with Gasteiger partial charge in [-0.2, -0.15) is 0 Å². The Hall–Kier alpha value is -0.570. The molecule has 1 fully saturated rings. The highest BCUT2D eigenvalue weighted by atomic mass is 16.2. The van der Waals surface area contributed by atoms with Gasteiger partial charge in [0, 0.05) is 17.5 Å². The first-order chi connectivity index (χ1) is 8.50. The summed E-state index contributed by atoms with van der Waals surface area (Å²) in [6.45, 7) is 13.0. The van der Waals surface area contributed by atoms with Crippen LogP contribution in [0.4, 0.5) is 0 Å². The van der Waals surface area contributed by atoms with Crippen LogP contribution in [0.1, 0.15) is 67.2 Å². The molecular formula is C16H32N2O. The molecule has 3 N–H and O–H groups in total. The van der Waals surface area contributed by atoms with Gasteiger partial charge in [0.2, 0.25) is 5.91 Å². The lowest BCUT2D eigenvalue weighted by molar-refractivity contribution is -0.129. The fourth-order valence-electron chi connectivity index (χ4n) is 3.62. The first-order valence-electron chi connectivity index (χ1n) is 7.58. The molecule has 0 aromatic heterocycles. The Morgan fingerprint density at radius 2 is 1.79 bits per heavy atom. The first-order valence-corrected chi connectivity index (χ1v) is 7.58. The number of carbonyl (C=O) groups is 1. The van der Waals surface area contributed by atoms with Gasteiger partial charge in [0.15, 0.2) is 0 Å². The molecular weight excluding hydrogens is 236 g/mol. The number of nitrogens with one attached hydrogen (secondary N) is 1. The highest BCUT2D eigenvalue weighted by Crippen LogP contribution is 2.31. The molecule has 0 radical (unpaired) electrons. The number of amides is 1. The zero-order chi connectivity index (χ0) is 14.8. The number of hydrogen-bond donors (Lipinski definition) is 2. The lowest BCUT2D eigenvalue weighted by Gasteiger charge is -2.37. The highest BCUT2D eigenvalue weighted by molar-refractivity contribution is 5.79. The molecule has 19 heavy (non-hydrogen) atoms. The maximum Gasteiger partial charge on any atom is 0.223 e. The van der Waals surface area contributed by atoms with E-state index in [1.54, 1.807) is 0 Å². The molecule has 0 saturated heterocycles. The monoisotopic (exact) mass is 268 g/mol. The van der Waals surface area contributed by atoms with Crippen molar-refractivity contribution in [2.45, 2.75) is 78.8 Å². The molecule has 1 aliphatic rings. The minimum Gasteiger partial charge on any atom is -0.351 e. The van der Waals surface area contributed by atoms with Gasteiger partial charge in [-0.05, 0) is 50.9 Å². The zero-order valence-corrected chi connectivity index (χ0v) is 13.5. The molecule has 1 aliphatic carbocycles. The molecule has 0 bridgehead atoms. The van der Waals surface area contributed by atoms with Crippen LogP contribution in [0.5, 0.6) is 0 Å². The summed E-state index contributed by atoms with van der Waals surface area (Å²) in [5, 5.41) is 3.25. The summed E-state index contributed by atoms with van der Waals surface area (Å²) < 4.78 is 0. The van der Waals surface area contributed by atoms with Gasteiger partial charge in [-0.15, -0.1) is 0 Å². The van der Waals surface area contributed by atoms with Crippen LogP contribution in [0.15, 0.2) is 0 Å². The van der Waals surface area contributed by atoms with Gasteiger partial charge < -0.3 is 11.1 Å². The van der Waals surface area contributed by atoms with Gasteiger partial charge >= 0.3 is 0 Å². The number of carbonyl (C=O) groups excluding carboxylic acids is 1. The van der Waals surface area contributed by atoms with Crippen molar-refractivity contribution in [3.8, 4) is 0 Å². The van der Waals surface area contributed by atoms with E-state index in [-0.39, 0.29) is 28.8 Å². The molecule has 0 heterocycles. The largest absolute Gasteiger partial charge is 0.351 e. The van der Waals surface area contributed by atoms with E-state index in [1.807, 2.05) is 0 Å². The third-order valence-electron chi connectivity index (χ3n) is 3.98. The van der Waals surface area contributed by atoms with Gasteiger partial charge in [-0.25, -0.2) is 0 Å². The number of hydrogen-bond acceptors (Lipinski definition) is 2. The lowest BCUT2D eigenvalue weighted by atomic mass is 9.76. The Bertz CT molecular complexity index is 317. The van der Waals surface area contributed by atoms with Crippen molar-refractivity contribution in [1.82, 2.24) is 5.32 Å². The van der Waals surface area contributed by atoms with Gasteiger partial charge in [-0.1, -0.05) is 27.7 Å². The molecule has 0 aliphatic heterocycles. The van der Waals surface area contributed by atoms with Crippen LogP contribution in [0.2, 0.25) is 0 Å². The van der Waals surface area contributed by atoms with Gasteiger partial charge in [0.1, 0.15) is 0 Å². The van der Waals surface area contributed by atoms with Crippen LogP contribution in [0, 0.1) is 17.3 Å². The van der Waals surface area contributed by atoms with Crippen LogP contribution in [-0.4, -0.2) is 17.5 Å². The zero-order valence-electron chi connectivity index (χ0n) is 13.5. The van der Waals surface area contributed by atoms with Gasteiger partial charge in [0.25, 0.3) is 0 Å². The molecule has 1 saturated carbocycles. The molecule has 1 amide bonds. The van der Waals surface area contributed by atoms with Crippen molar-refractivity contribution in [1.29, 1.82) is 0 Å². The Balaban J connectivity index is 2.59. The molecule has 3 heteroatoms. The molecule has 3 unspecified atom stereocenters. The lowest BCUT2D eigenvalue weighted by Crippen LogP contribution is -2.50. The van der Waals surface area contributed by atoms with E-state index in [0.29, 0.717) is 5.92 Å². The second-order valence-corrected chi connectivity index (χ2v) is 8.27. The van der Waals surface area contributed by atoms with E-state index >= 15 is 0 Å². The van der Waals surface area contributed by atoms with Crippen molar-refractivity contribution in [2.24, 2.45) is 23.0 Å². The van der Waals surface area contributed by atoms with Crippen molar-refractivity contribution in [3.05, 3.63) is 0 Å². The predicted octanol–water partition coefficient (Wildman–Crippen LogP) is 3.08. The van der Waals surface area contributed by atoms with Crippen molar-refractivity contribution < 1.29 is 4.79 Å². The Morgan fingerprint density at radius 3 is 2.26 bits per heavy atom. The van der Waals surface area contributed by atoms with Crippen LogP contribution in [0.25, 0.3) is 0 Å². The normalized spacial score (nSPS) is 29.1. The first kappa shape index (κ1) is 16.5. The van der Waals surface area contributed by atoms with Crippen LogP contribution in [-0.2, 0) is 4.79 Å². The second kappa shape index (κ2) is 5.82. The molecule has 0 aromatic rings. The van der Waals surface area contributed by atoms with E-state index < -0.39 is 0 Å². The second-order valence-electron chi connectivity index (χ2n) is 8.27. The summed E-state index contributed by atoms with van der Waals surface area (Å²) in [4.78, 5) is 12.5. The third-order valence-corrected chi connectivity index (χ3v) is 3.98. The maximum atomic E-state index is 12.5. The van der Waals surface area contributed by atoms with Gasteiger partial charge in [-0.3, -0.25) is 4.79 Å². The topological polar surface area (TPSA) is 55.1 Å². The molecule has 3 atom stereocenters. The van der Waals surface area contributed by atoms with E-state index in [4.69, 9.17) is 5.73 Å². The summed E-state index contributed by atoms with van der Waals surface area (Å²) in [7, 11) is 0. The van der Waals surface area contributed by atoms with Gasteiger partial charge in [0.05, 0.1) is 0 Å². The molecule has 1 rings (SSSR count). The highest BCUT2D eigenvalue weighted by Gasteiger charge is 2.34. The smallest absolute Gasteiger partial charge is 0.223 e. The SMILES string of the molecule is CC1CC(N)CCC1C(=O)NC(C)(C)CC(C)(C)C. The number of nitrogens with two attached hydrogens (primary N) is 1. The standard InChI is InChI=1S/C16H32N2O/c1-11-9-12(17)7-8-13(11)14(19)18-16(5,6)10-15(2,3)4/h11-13H,7-10,17H2,1-6H3,(H,18,19). The number of rotatable bonds is 3. The summed E-state index contributed by atoms with van der Waals surface area (Å²) >= 11 is 0. The van der Waals surface area contributed by atoms with Crippen molar-refractivity contribution in [3.63, 3.8) is 0 Å².